The third kappa shape index (κ3) is 1.98. The van der Waals surface area contributed by atoms with Crippen LogP contribution in [0.3, 0.4) is 0 Å². The Morgan fingerprint density at radius 2 is 1.76 bits per heavy atom. The van der Waals surface area contributed by atoms with Crippen molar-refractivity contribution in [2.45, 2.75) is 0 Å². The lowest BCUT2D eigenvalue weighted by Gasteiger charge is -2.01. The van der Waals surface area contributed by atoms with Crippen molar-refractivity contribution in [3.63, 3.8) is 0 Å². The van der Waals surface area contributed by atoms with Crippen LogP contribution in [0, 0.1) is 0 Å². The molecule has 0 saturated carbocycles. The minimum atomic E-state index is -0.169. The van der Waals surface area contributed by atoms with Gasteiger partial charge in [0.25, 0.3) is 5.56 Å². The molecule has 4 rings (SSSR count). The molecule has 0 unspecified atom stereocenters. The SMILES string of the molecule is O=c1[nH]nc(-c2ccc(-c3ccco3)s2)c2ccccc12. The molecule has 4 nitrogen and oxygen atoms in total. The van der Waals surface area contributed by atoms with E-state index in [2.05, 4.69) is 10.2 Å². The molecule has 0 saturated heterocycles. The number of nitrogens with one attached hydrogen (secondary N) is 1. The highest BCUT2D eigenvalue weighted by Gasteiger charge is 2.12. The molecule has 0 atom stereocenters. The number of hydrogen-bond acceptors (Lipinski definition) is 4. The third-order valence-electron chi connectivity index (χ3n) is 3.30. The molecule has 0 amide bonds. The number of aromatic nitrogens is 2. The Labute approximate surface area is 123 Å². The minimum Gasteiger partial charge on any atom is -0.464 e. The summed E-state index contributed by atoms with van der Waals surface area (Å²) in [5.41, 5.74) is 0.616. The zero-order chi connectivity index (χ0) is 14.2. The molecule has 4 aromatic rings. The van der Waals surface area contributed by atoms with Crippen LogP contribution in [0.25, 0.3) is 32.0 Å². The summed E-state index contributed by atoms with van der Waals surface area (Å²) in [6.07, 6.45) is 1.66. The van der Waals surface area contributed by atoms with E-state index in [1.54, 1.807) is 23.7 Å². The summed E-state index contributed by atoms with van der Waals surface area (Å²) < 4.78 is 5.41. The van der Waals surface area contributed by atoms with Gasteiger partial charge in [-0.3, -0.25) is 4.79 Å². The molecule has 0 fully saturated rings. The van der Waals surface area contributed by atoms with E-state index in [-0.39, 0.29) is 5.56 Å². The number of aromatic amines is 1. The summed E-state index contributed by atoms with van der Waals surface area (Å²) in [5, 5.41) is 8.28. The van der Waals surface area contributed by atoms with E-state index in [0.717, 1.165) is 26.6 Å². The fourth-order valence-electron chi connectivity index (χ4n) is 2.32. The average Bonchev–Trinajstić information content (AvgIpc) is 3.19. The average molecular weight is 294 g/mol. The first-order chi connectivity index (χ1) is 10.3. The van der Waals surface area contributed by atoms with Crippen molar-refractivity contribution < 1.29 is 4.42 Å². The summed E-state index contributed by atoms with van der Waals surface area (Å²) >= 11 is 1.59. The zero-order valence-electron chi connectivity index (χ0n) is 10.9. The monoisotopic (exact) mass is 294 g/mol. The van der Waals surface area contributed by atoms with Crippen LogP contribution in [0.15, 0.2) is 64.0 Å². The van der Waals surface area contributed by atoms with Gasteiger partial charge in [-0.15, -0.1) is 11.3 Å². The normalized spacial score (nSPS) is 11.0. The molecule has 21 heavy (non-hydrogen) atoms. The Morgan fingerprint density at radius 3 is 2.57 bits per heavy atom. The van der Waals surface area contributed by atoms with Gasteiger partial charge in [-0.2, -0.15) is 5.10 Å². The van der Waals surface area contributed by atoms with Crippen molar-refractivity contribution in [3.05, 3.63) is 65.1 Å². The van der Waals surface area contributed by atoms with Gasteiger partial charge in [0, 0.05) is 5.39 Å². The number of fused-ring (bicyclic) bond motifs is 1. The first kappa shape index (κ1) is 12.1. The maximum Gasteiger partial charge on any atom is 0.272 e. The second-order valence-electron chi connectivity index (χ2n) is 4.59. The minimum absolute atomic E-state index is 0.169. The van der Waals surface area contributed by atoms with E-state index >= 15 is 0 Å². The predicted molar refractivity (Wildman–Crippen MR) is 83.4 cm³/mol. The van der Waals surface area contributed by atoms with Crippen LogP contribution in [-0.2, 0) is 0 Å². The van der Waals surface area contributed by atoms with Crippen LogP contribution >= 0.6 is 11.3 Å². The van der Waals surface area contributed by atoms with Gasteiger partial charge in [0.05, 0.1) is 21.4 Å². The van der Waals surface area contributed by atoms with Crippen LogP contribution < -0.4 is 5.56 Å². The first-order valence-corrected chi connectivity index (χ1v) is 7.26. The van der Waals surface area contributed by atoms with Crippen molar-refractivity contribution in [1.29, 1.82) is 0 Å². The quantitative estimate of drug-likeness (QED) is 0.609. The maximum atomic E-state index is 11.8. The molecule has 1 N–H and O–H groups in total. The van der Waals surface area contributed by atoms with Gasteiger partial charge in [-0.25, -0.2) is 5.10 Å². The largest absolute Gasteiger partial charge is 0.464 e. The van der Waals surface area contributed by atoms with Gasteiger partial charge in [0.2, 0.25) is 0 Å². The number of hydrogen-bond donors (Lipinski definition) is 1. The fourth-order valence-corrected chi connectivity index (χ4v) is 3.30. The van der Waals surface area contributed by atoms with Crippen LogP contribution in [0.5, 0.6) is 0 Å². The van der Waals surface area contributed by atoms with Gasteiger partial charge in [-0.05, 0) is 30.3 Å². The second-order valence-corrected chi connectivity index (χ2v) is 5.67. The van der Waals surface area contributed by atoms with Gasteiger partial charge >= 0.3 is 0 Å². The van der Waals surface area contributed by atoms with Crippen LogP contribution in [0.4, 0.5) is 0 Å². The van der Waals surface area contributed by atoms with Gasteiger partial charge in [-0.1, -0.05) is 18.2 Å². The van der Waals surface area contributed by atoms with Crippen molar-refractivity contribution in [2.75, 3.05) is 0 Å². The summed E-state index contributed by atoms with van der Waals surface area (Å²) in [7, 11) is 0. The molecule has 0 radical (unpaired) electrons. The second kappa shape index (κ2) is 4.71. The smallest absolute Gasteiger partial charge is 0.272 e. The van der Waals surface area contributed by atoms with Gasteiger partial charge < -0.3 is 4.42 Å². The van der Waals surface area contributed by atoms with E-state index in [4.69, 9.17) is 4.42 Å². The molecule has 102 valence electrons. The van der Waals surface area contributed by atoms with E-state index in [9.17, 15) is 4.79 Å². The third-order valence-corrected chi connectivity index (χ3v) is 4.41. The number of thiophene rings is 1. The van der Waals surface area contributed by atoms with Crippen molar-refractivity contribution in [3.8, 4) is 21.2 Å². The van der Waals surface area contributed by atoms with Gasteiger partial charge in [0.1, 0.15) is 11.5 Å². The molecule has 0 aliphatic carbocycles. The predicted octanol–water partition coefficient (Wildman–Crippen LogP) is 3.91. The van der Waals surface area contributed by atoms with E-state index < -0.39 is 0 Å². The van der Waals surface area contributed by atoms with Crippen molar-refractivity contribution in [2.24, 2.45) is 0 Å². The Bertz CT molecular complexity index is 967. The summed E-state index contributed by atoms with van der Waals surface area (Å²) in [6, 6.07) is 15.3. The highest BCUT2D eigenvalue weighted by Crippen LogP contribution is 2.35. The van der Waals surface area contributed by atoms with E-state index in [1.165, 1.54) is 0 Å². The van der Waals surface area contributed by atoms with Crippen LogP contribution in [0.2, 0.25) is 0 Å². The fraction of sp³-hybridized carbons (Fsp3) is 0. The first-order valence-electron chi connectivity index (χ1n) is 6.44. The van der Waals surface area contributed by atoms with Crippen molar-refractivity contribution in [1.82, 2.24) is 10.2 Å². The highest BCUT2D eigenvalue weighted by atomic mass is 32.1. The Balaban J connectivity index is 1.92. The number of benzene rings is 1. The molecular weight excluding hydrogens is 284 g/mol. The molecule has 3 aromatic heterocycles. The van der Waals surface area contributed by atoms with E-state index in [1.807, 2.05) is 42.5 Å². The Morgan fingerprint density at radius 1 is 0.952 bits per heavy atom. The van der Waals surface area contributed by atoms with E-state index in [0.29, 0.717) is 5.39 Å². The number of furan rings is 1. The topological polar surface area (TPSA) is 58.9 Å². The standard InChI is InChI=1S/C16H10N2O2S/c19-16-11-5-2-1-4-10(11)15(17-18-16)14-8-7-13(21-14)12-6-3-9-20-12/h1-9H,(H,18,19). The molecule has 0 aliphatic rings. The zero-order valence-corrected chi connectivity index (χ0v) is 11.7. The molecular formula is C16H10N2O2S. The summed E-state index contributed by atoms with van der Waals surface area (Å²) in [4.78, 5) is 13.9. The lowest BCUT2D eigenvalue weighted by atomic mass is 10.1. The molecule has 0 spiro atoms. The number of rotatable bonds is 2. The lowest BCUT2D eigenvalue weighted by Crippen LogP contribution is -2.08. The Hall–Kier alpha value is -2.66. The highest BCUT2D eigenvalue weighted by molar-refractivity contribution is 7.18. The number of H-pyrrole nitrogens is 1. The summed E-state index contributed by atoms with van der Waals surface area (Å²) in [5.74, 6) is 0.833. The van der Waals surface area contributed by atoms with Crippen molar-refractivity contribution >= 4 is 22.1 Å². The Kier molecular flexibility index (Phi) is 2.72. The van der Waals surface area contributed by atoms with Crippen LogP contribution in [-0.4, -0.2) is 10.2 Å². The molecule has 5 heteroatoms. The van der Waals surface area contributed by atoms with Crippen LogP contribution in [0.1, 0.15) is 0 Å². The molecule has 0 aliphatic heterocycles. The molecule has 0 bridgehead atoms. The summed E-state index contributed by atoms with van der Waals surface area (Å²) in [6.45, 7) is 0. The lowest BCUT2D eigenvalue weighted by molar-refractivity contribution is 0.584. The molecule has 1 aromatic carbocycles. The maximum absolute atomic E-state index is 11.8. The van der Waals surface area contributed by atoms with Gasteiger partial charge in [0.15, 0.2) is 0 Å². The molecule has 3 heterocycles. The number of nitrogens with zero attached hydrogens (tertiary/aromatic N) is 1.